The van der Waals surface area contributed by atoms with Crippen molar-refractivity contribution < 1.29 is 17.4 Å². The first-order valence-corrected chi connectivity index (χ1v) is 7.76. The number of hydrogen-bond donors (Lipinski definition) is 1. The Bertz CT molecular complexity index is 573. The number of rotatable bonds is 4. The maximum Gasteiger partial charge on any atom is 0.359 e. The van der Waals surface area contributed by atoms with Crippen LogP contribution in [0.4, 0.5) is 15.8 Å². The lowest BCUT2D eigenvalue weighted by Crippen LogP contribution is -2.40. The molecule has 8 heteroatoms. The molecule has 1 aliphatic rings. The third kappa shape index (κ3) is 3.20. The lowest BCUT2D eigenvalue weighted by Gasteiger charge is -2.29. The minimum Gasteiger partial charge on any atom is -0.366 e. The van der Waals surface area contributed by atoms with E-state index in [-0.39, 0.29) is 12.2 Å². The number of hydrogen-bond acceptors (Lipinski definition) is 3. The van der Waals surface area contributed by atoms with E-state index in [2.05, 4.69) is 5.32 Å². The molecule has 2 rings (SSSR count). The van der Waals surface area contributed by atoms with Gasteiger partial charge in [0.1, 0.15) is 5.82 Å². The van der Waals surface area contributed by atoms with E-state index in [0.29, 0.717) is 31.9 Å². The monoisotopic (exact) mass is 302 g/mol. The average molecular weight is 302 g/mol. The molecule has 1 heterocycles. The van der Waals surface area contributed by atoms with Crippen molar-refractivity contribution in [1.82, 2.24) is 5.32 Å². The summed E-state index contributed by atoms with van der Waals surface area (Å²) in [5.41, 5.74) is 0.535. The average Bonchev–Trinajstić information content (AvgIpc) is 2.39. The predicted molar refractivity (Wildman–Crippen MR) is 75.0 cm³/mol. The molecule has 1 N–H and O–H groups in total. The Labute approximate surface area is 118 Å². The third-order valence-electron chi connectivity index (χ3n) is 3.18. The van der Waals surface area contributed by atoms with Gasteiger partial charge in [0.15, 0.2) is 0 Å². The zero-order chi connectivity index (χ0) is 14.8. The molecule has 1 fully saturated rings. The molecular weight excluding hydrogens is 285 g/mol. The van der Waals surface area contributed by atoms with Gasteiger partial charge >= 0.3 is 10.3 Å². The van der Waals surface area contributed by atoms with Crippen molar-refractivity contribution in [1.29, 1.82) is 0 Å². The van der Waals surface area contributed by atoms with Crippen LogP contribution in [0.15, 0.2) is 18.2 Å². The zero-order valence-electron chi connectivity index (χ0n) is 11.2. The van der Waals surface area contributed by atoms with Gasteiger partial charge in [-0.15, -0.1) is 0 Å². The Balaban J connectivity index is 2.29. The van der Waals surface area contributed by atoms with Crippen LogP contribution in [0.2, 0.25) is 0 Å². The van der Waals surface area contributed by atoms with Crippen LogP contribution in [-0.2, 0) is 10.3 Å². The molecule has 0 spiro atoms. The van der Waals surface area contributed by atoms with Gasteiger partial charge in [0, 0.05) is 38.8 Å². The maximum atomic E-state index is 14.1. The number of piperazine rings is 1. The molecular formula is C12H17FN3O3S. The summed E-state index contributed by atoms with van der Waals surface area (Å²) in [5.74, 6) is -0.508. The molecule has 20 heavy (non-hydrogen) atoms. The van der Waals surface area contributed by atoms with Gasteiger partial charge in [-0.25, -0.2) is 14.0 Å². The zero-order valence-corrected chi connectivity index (χ0v) is 12.0. The van der Waals surface area contributed by atoms with E-state index in [1.807, 2.05) is 4.90 Å². The lowest BCUT2D eigenvalue weighted by atomic mass is 10.2. The number of benzene rings is 1. The summed E-state index contributed by atoms with van der Waals surface area (Å²) >= 11 is 0. The third-order valence-corrected chi connectivity index (χ3v) is 4.21. The highest BCUT2D eigenvalue weighted by Crippen LogP contribution is 2.26. The van der Waals surface area contributed by atoms with Crippen LogP contribution in [0.5, 0.6) is 0 Å². The van der Waals surface area contributed by atoms with E-state index in [9.17, 15) is 12.8 Å². The van der Waals surface area contributed by atoms with Crippen LogP contribution in [0, 0.1) is 5.82 Å². The van der Waals surface area contributed by atoms with Crippen LogP contribution in [0.1, 0.15) is 6.92 Å². The van der Waals surface area contributed by atoms with E-state index in [4.69, 9.17) is 4.55 Å². The molecule has 1 aliphatic heterocycles. The first-order valence-electron chi connectivity index (χ1n) is 6.36. The van der Waals surface area contributed by atoms with E-state index in [0.717, 1.165) is 10.4 Å². The van der Waals surface area contributed by atoms with Crippen molar-refractivity contribution in [2.24, 2.45) is 0 Å². The maximum absolute atomic E-state index is 14.1. The second kappa shape index (κ2) is 5.94. The van der Waals surface area contributed by atoms with Gasteiger partial charge in [0.2, 0.25) is 0 Å². The molecule has 6 nitrogen and oxygen atoms in total. The highest BCUT2D eigenvalue weighted by atomic mass is 32.2. The number of nitrogens with zero attached hydrogens (tertiary/aromatic N) is 3. The van der Waals surface area contributed by atoms with Crippen molar-refractivity contribution in [3.05, 3.63) is 24.0 Å². The van der Waals surface area contributed by atoms with Gasteiger partial charge in [0.25, 0.3) is 0 Å². The molecule has 1 saturated heterocycles. The Hall–Kier alpha value is -1.38. The summed E-state index contributed by atoms with van der Waals surface area (Å²) in [6.07, 6.45) is 0. The standard InChI is InChI=1S/C12H17FN3O3S/c1-2-16(20(17,18)19)10-3-4-12(11(13)9-10)15-7-5-14-6-8-15/h3-4,9H,2,5-8H2,1H3,(H,17,18,19). The molecule has 0 saturated carbocycles. The first-order chi connectivity index (χ1) is 9.43. The van der Waals surface area contributed by atoms with Crippen LogP contribution in [-0.4, -0.2) is 45.7 Å². The number of anilines is 2. The first kappa shape index (κ1) is 15.0. The van der Waals surface area contributed by atoms with Crippen molar-refractivity contribution in [3.8, 4) is 0 Å². The summed E-state index contributed by atoms with van der Waals surface area (Å²) in [6.45, 7) is 4.20. The molecule has 1 aromatic carbocycles. The van der Waals surface area contributed by atoms with Gasteiger partial charge < -0.3 is 4.90 Å². The van der Waals surface area contributed by atoms with Crippen LogP contribution in [0.25, 0.3) is 0 Å². The van der Waals surface area contributed by atoms with E-state index in [1.165, 1.54) is 12.1 Å². The molecule has 1 aromatic rings. The van der Waals surface area contributed by atoms with Crippen LogP contribution < -0.4 is 14.5 Å². The largest absolute Gasteiger partial charge is 0.366 e. The van der Waals surface area contributed by atoms with Crippen LogP contribution >= 0.6 is 0 Å². The fourth-order valence-electron chi connectivity index (χ4n) is 2.23. The Morgan fingerprint density at radius 3 is 2.55 bits per heavy atom. The van der Waals surface area contributed by atoms with Gasteiger partial charge in [-0.2, -0.15) is 8.42 Å². The minimum absolute atomic E-state index is 0.0280. The second-order valence-corrected chi connectivity index (χ2v) is 5.77. The summed E-state index contributed by atoms with van der Waals surface area (Å²) in [7, 11) is -4.38. The number of halogens is 1. The Morgan fingerprint density at radius 1 is 1.40 bits per heavy atom. The summed E-state index contributed by atoms with van der Waals surface area (Å²) in [5, 5.41) is 4.19. The minimum atomic E-state index is -4.38. The molecule has 0 bridgehead atoms. The molecule has 0 aliphatic carbocycles. The Kier molecular flexibility index (Phi) is 4.46. The normalized spacial score (nSPS) is 16.2. The fourth-order valence-corrected chi connectivity index (χ4v) is 2.94. The predicted octanol–water partition coefficient (Wildman–Crippen LogP) is 0.879. The van der Waals surface area contributed by atoms with Crippen molar-refractivity contribution in [2.45, 2.75) is 6.92 Å². The molecule has 0 aromatic heterocycles. The highest BCUT2D eigenvalue weighted by Gasteiger charge is 2.21. The van der Waals surface area contributed by atoms with Crippen LogP contribution in [0.3, 0.4) is 0 Å². The quantitative estimate of drug-likeness (QED) is 0.838. The van der Waals surface area contributed by atoms with Crippen molar-refractivity contribution >= 4 is 21.7 Å². The highest BCUT2D eigenvalue weighted by molar-refractivity contribution is 7.87. The summed E-state index contributed by atoms with van der Waals surface area (Å²) in [6, 6.07) is 4.14. The fraction of sp³-hybridized carbons (Fsp3) is 0.500. The van der Waals surface area contributed by atoms with Gasteiger partial charge in [-0.05, 0) is 19.1 Å². The smallest absolute Gasteiger partial charge is 0.359 e. The van der Waals surface area contributed by atoms with Gasteiger partial charge in [-0.1, -0.05) is 0 Å². The molecule has 0 atom stereocenters. The van der Waals surface area contributed by atoms with E-state index >= 15 is 0 Å². The van der Waals surface area contributed by atoms with Crippen molar-refractivity contribution in [3.63, 3.8) is 0 Å². The topological polar surface area (TPSA) is 75.0 Å². The van der Waals surface area contributed by atoms with E-state index < -0.39 is 16.1 Å². The van der Waals surface area contributed by atoms with Gasteiger partial charge in [0.05, 0.1) is 11.4 Å². The molecule has 1 radical (unpaired) electrons. The van der Waals surface area contributed by atoms with E-state index in [1.54, 1.807) is 6.92 Å². The van der Waals surface area contributed by atoms with Crippen molar-refractivity contribution in [2.75, 3.05) is 41.9 Å². The molecule has 111 valence electrons. The van der Waals surface area contributed by atoms with Gasteiger partial charge in [-0.3, -0.25) is 4.55 Å². The molecule has 0 unspecified atom stereocenters. The Morgan fingerprint density at radius 2 is 2.05 bits per heavy atom. The summed E-state index contributed by atoms with van der Waals surface area (Å²) in [4.78, 5) is 1.87. The lowest BCUT2D eigenvalue weighted by molar-refractivity contribution is 0.478. The second-order valence-electron chi connectivity index (χ2n) is 4.44. The summed E-state index contributed by atoms with van der Waals surface area (Å²) < 4.78 is 46.4. The SMILES string of the molecule is CCN(c1ccc(N2CC[N]CC2)c(F)c1)S(=O)(=O)O. The molecule has 0 amide bonds.